The molecule has 2 amide bonds. The van der Waals surface area contributed by atoms with E-state index in [1.54, 1.807) is 32.6 Å². The number of hydrogen-bond donors (Lipinski definition) is 3. The molecule has 1 fully saturated rings. The van der Waals surface area contributed by atoms with Gasteiger partial charge in [0.2, 0.25) is 23.6 Å². The highest BCUT2D eigenvalue weighted by atomic mass is 32.2. The van der Waals surface area contributed by atoms with E-state index in [2.05, 4.69) is 69.9 Å². The number of hydrogen-bond acceptors (Lipinski definition) is 13. The second kappa shape index (κ2) is 31.2. The highest BCUT2D eigenvalue weighted by Gasteiger charge is 2.41. The lowest BCUT2D eigenvalue weighted by atomic mass is 9.87. The Kier molecular flexibility index (Phi) is 26.0. The van der Waals surface area contributed by atoms with Crippen molar-refractivity contribution in [2.45, 2.75) is 169 Å². The third kappa shape index (κ3) is 19.3. The molecule has 15 nitrogen and oxygen atoms in total. The summed E-state index contributed by atoms with van der Waals surface area (Å²) in [4.78, 5) is 41.7. The molecular formula is C58H94F2N8O7S. The van der Waals surface area contributed by atoms with Crippen LogP contribution in [0.1, 0.15) is 143 Å². The number of methoxy groups -OCH3 is 2. The lowest BCUT2D eigenvalue weighted by molar-refractivity contribution is -0.143. The molecule has 1 unspecified atom stereocenters. The lowest BCUT2D eigenvalue weighted by Crippen LogP contribution is -2.52. The van der Waals surface area contributed by atoms with Crippen LogP contribution in [0.5, 0.6) is 5.88 Å². The van der Waals surface area contributed by atoms with Crippen LogP contribution in [-0.2, 0) is 39.3 Å². The molecule has 0 radical (unpaired) electrons. The fourth-order valence-corrected chi connectivity index (χ4v) is 11.2. The van der Waals surface area contributed by atoms with Crippen LogP contribution in [0, 0.1) is 29.4 Å². The van der Waals surface area contributed by atoms with Gasteiger partial charge in [-0.2, -0.15) is 4.98 Å². The number of benzene rings is 2. The first kappa shape index (κ1) is 63.2. The van der Waals surface area contributed by atoms with Crippen LogP contribution in [0.4, 0.5) is 26.2 Å². The predicted octanol–water partition coefficient (Wildman–Crippen LogP) is 12.7. The van der Waals surface area contributed by atoms with Crippen molar-refractivity contribution in [3.8, 4) is 17.1 Å². The van der Waals surface area contributed by atoms with Crippen LogP contribution in [0.2, 0.25) is 0 Å². The second-order valence-electron chi connectivity index (χ2n) is 20.7. The largest absolute Gasteiger partial charge is 0.478 e. The van der Waals surface area contributed by atoms with Gasteiger partial charge < -0.3 is 39.8 Å². The molecule has 0 saturated carbocycles. The molecule has 6 rings (SSSR count). The molecule has 9 atom stereocenters. The molecule has 2 aliphatic rings. The molecule has 428 valence electrons. The molecule has 2 aromatic heterocycles. The molecule has 2 aromatic carbocycles. The monoisotopic (exact) mass is 1080 g/mol. The predicted molar refractivity (Wildman–Crippen MR) is 308 cm³/mol. The topological polar surface area (TPSA) is 178 Å². The van der Waals surface area contributed by atoms with Gasteiger partial charge in [0, 0.05) is 64.9 Å². The zero-order valence-corrected chi connectivity index (χ0v) is 48.5. The SMILES string of the molecule is CC(C)N=S(C)(=O)Cc1cc2nc(c1)OCCCCNc1cc(F)ccc1-c1nc(ncc1F)N2.CCC.CC[C@H](C)[C@H](C)[C@@H](CC(=O)N1CCC[C@H]1[C@H](OC)[C@@H](C)C(=O)N[C@H](C)[C@@H](OC(C)C)c1ccccc1)OC.[HH].[HH].[HH]. The van der Waals surface area contributed by atoms with Gasteiger partial charge in [-0.1, -0.05) is 84.7 Å². The van der Waals surface area contributed by atoms with Crippen molar-refractivity contribution in [1.82, 2.24) is 25.2 Å². The van der Waals surface area contributed by atoms with Crippen molar-refractivity contribution in [2.75, 3.05) is 50.8 Å². The maximum Gasteiger partial charge on any atom is 0.229 e. The maximum atomic E-state index is 14.7. The first-order chi connectivity index (χ1) is 36.1. The standard InChI is InChI=1S/C31H52N2O5.C24H28F2N6O2S.C3H8.3H2/c1-10-21(4)22(5)27(36-8)19-28(34)33-18-14-17-26(33)29(37-9)23(6)31(35)32-24(7)30(38-20(2)3)25-15-12-11-13-16-25;1-15(2)32-35(3,33)14-16-10-21-29-22(11-16)34-9-5-4-8-27-20-12-17(25)6-7-18(20)23-19(26)13-28-24(30-21)31-23;1-3-2;;;/h11-13,15-16,20-24,26-27,29-30H,10,14,17-19H2,1-9H3,(H,32,35);6-7,10-13,15,27H,4-5,8-9,14H2,1-3H3,(H,28,29,30,31);3H2,1-2H3;3*1H/t21-,22-,23+,24+,26-,27+,29+,30+;;;;;/m0...../s1. The van der Waals surface area contributed by atoms with Crippen LogP contribution in [0.25, 0.3) is 11.3 Å². The van der Waals surface area contributed by atoms with Crippen LogP contribution in [0.3, 0.4) is 0 Å². The number of ether oxygens (including phenoxy) is 4. The molecule has 3 N–H and O–H groups in total. The van der Waals surface area contributed by atoms with Crippen LogP contribution < -0.4 is 20.7 Å². The van der Waals surface area contributed by atoms with Crippen molar-refractivity contribution in [3.63, 3.8) is 0 Å². The average molecular weight is 1090 g/mol. The Balaban J connectivity index is 0.000000727. The summed E-state index contributed by atoms with van der Waals surface area (Å²) in [6.45, 7) is 24.0. The summed E-state index contributed by atoms with van der Waals surface area (Å²) in [5.41, 5.74) is 2.64. The summed E-state index contributed by atoms with van der Waals surface area (Å²) in [5, 5.41) is 9.33. The first-order valence-corrected chi connectivity index (χ1v) is 29.3. The molecule has 1 saturated heterocycles. The van der Waals surface area contributed by atoms with E-state index in [0.717, 1.165) is 43.0 Å². The third-order valence-electron chi connectivity index (χ3n) is 13.4. The second-order valence-corrected chi connectivity index (χ2v) is 23.1. The zero-order valence-electron chi connectivity index (χ0n) is 47.7. The Morgan fingerprint density at radius 2 is 1.66 bits per heavy atom. The minimum Gasteiger partial charge on any atom is -0.478 e. The van der Waals surface area contributed by atoms with E-state index in [4.69, 9.17) is 18.9 Å². The number of carbonyl (C=O) groups is 2. The molecule has 18 heteroatoms. The molecule has 4 bridgehead atoms. The number of halogens is 2. The molecule has 4 aromatic rings. The molecule has 2 aliphatic heterocycles. The molecule has 0 aliphatic carbocycles. The molecule has 0 spiro atoms. The van der Waals surface area contributed by atoms with Gasteiger partial charge in [-0.15, -0.1) is 0 Å². The van der Waals surface area contributed by atoms with Gasteiger partial charge >= 0.3 is 0 Å². The van der Waals surface area contributed by atoms with Crippen molar-refractivity contribution < 1.29 is 45.8 Å². The van der Waals surface area contributed by atoms with E-state index in [1.165, 1.54) is 24.6 Å². The Hall–Kier alpha value is -5.30. The summed E-state index contributed by atoms with van der Waals surface area (Å²) in [6.07, 6.45) is 7.70. The van der Waals surface area contributed by atoms with Gasteiger partial charge in [0.15, 0.2) is 5.82 Å². The van der Waals surface area contributed by atoms with E-state index >= 15 is 0 Å². The number of nitrogens with one attached hydrogen (secondary N) is 3. The van der Waals surface area contributed by atoms with E-state index < -0.39 is 33.4 Å². The summed E-state index contributed by atoms with van der Waals surface area (Å²) in [5.74, 6) is 0.267. The summed E-state index contributed by atoms with van der Waals surface area (Å²) < 4.78 is 69.7. The number of pyridine rings is 1. The summed E-state index contributed by atoms with van der Waals surface area (Å²) >= 11 is 0. The van der Waals surface area contributed by atoms with E-state index in [9.17, 15) is 22.6 Å². The number of amides is 2. The van der Waals surface area contributed by atoms with Crippen molar-refractivity contribution in [1.29, 1.82) is 0 Å². The summed E-state index contributed by atoms with van der Waals surface area (Å²) in [6, 6.07) is 17.1. The van der Waals surface area contributed by atoms with E-state index in [0.29, 0.717) is 61.4 Å². The Bertz CT molecular complexity index is 2570. The number of rotatable bonds is 18. The van der Waals surface area contributed by atoms with Crippen molar-refractivity contribution >= 4 is 39.0 Å². The van der Waals surface area contributed by atoms with Gasteiger partial charge in [0.05, 0.1) is 67.3 Å². The van der Waals surface area contributed by atoms with Gasteiger partial charge in [-0.25, -0.2) is 27.3 Å². The fraction of sp³-hybridized carbons (Fsp3) is 0.603. The number of fused-ring (bicyclic) bond motifs is 6. The van der Waals surface area contributed by atoms with Crippen LogP contribution in [-0.4, -0.2) is 112 Å². The van der Waals surface area contributed by atoms with E-state index in [-0.39, 0.29) is 75.8 Å². The van der Waals surface area contributed by atoms with Crippen molar-refractivity contribution in [3.05, 3.63) is 89.6 Å². The van der Waals surface area contributed by atoms with Crippen molar-refractivity contribution in [2.24, 2.45) is 22.1 Å². The normalized spacial score (nSPS) is 18.0. The fourth-order valence-electron chi connectivity index (χ4n) is 9.45. The Morgan fingerprint density at radius 1 is 0.947 bits per heavy atom. The Morgan fingerprint density at radius 3 is 2.30 bits per heavy atom. The number of aromatic nitrogens is 3. The number of anilines is 3. The average Bonchev–Trinajstić information content (AvgIpc) is 3.86. The Labute approximate surface area is 457 Å². The molecule has 76 heavy (non-hydrogen) atoms. The summed E-state index contributed by atoms with van der Waals surface area (Å²) in [7, 11) is 0.855. The van der Waals surface area contributed by atoms with Crippen LogP contribution in [0.15, 0.2) is 71.2 Å². The lowest BCUT2D eigenvalue weighted by Gasteiger charge is -2.36. The number of nitrogens with zero attached hydrogens (tertiary/aromatic N) is 5. The minimum absolute atomic E-state index is 0. The minimum atomic E-state index is -2.47. The van der Waals surface area contributed by atoms with Gasteiger partial charge in [0.25, 0.3) is 0 Å². The van der Waals surface area contributed by atoms with Gasteiger partial charge in [-0.05, 0) is 108 Å². The third-order valence-corrected chi connectivity index (χ3v) is 15.2. The molecule has 4 heterocycles. The highest BCUT2D eigenvalue weighted by molar-refractivity contribution is 7.92. The highest BCUT2D eigenvalue weighted by Crippen LogP contribution is 2.33. The van der Waals surface area contributed by atoms with Gasteiger partial charge in [0.1, 0.15) is 23.4 Å². The quantitative estimate of drug-likeness (QED) is 0.0860. The van der Waals surface area contributed by atoms with E-state index in [1.807, 2.05) is 76.8 Å². The molecular weight excluding hydrogens is 991 g/mol. The number of carbonyl (C=O) groups excluding carboxylic acids is 2. The number of likely N-dealkylation sites (tertiary alicyclic amines) is 1. The first-order valence-electron chi connectivity index (χ1n) is 27.2. The maximum absolute atomic E-state index is 14.7. The van der Waals surface area contributed by atoms with Gasteiger partial charge in [-0.3, -0.25) is 9.59 Å². The smallest absolute Gasteiger partial charge is 0.229 e. The zero-order chi connectivity index (χ0) is 56.1. The van der Waals surface area contributed by atoms with Crippen LogP contribution >= 0.6 is 0 Å².